The molecule has 0 bridgehead atoms. The first-order valence-corrected chi connectivity index (χ1v) is 8.49. The Bertz CT molecular complexity index is 1300. The third-order valence-electron chi connectivity index (χ3n) is 4.47. The standard InChI is InChI=1S/C20H12F2N6/c21-20(22,15-5-6-16-13(11-15)3-2-10-24-16)19-26-25-18-8-7-17(27-28(18)19)14-4-1-9-23-12-14/h1-12H. The van der Waals surface area contributed by atoms with E-state index in [1.165, 1.54) is 12.1 Å². The monoisotopic (exact) mass is 374 g/mol. The fraction of sp³-hybridized carbons (Fsp3) is 0.0500. The van der Waals surface area contributed by atoms with Crippen molar-refractivity contribution in [3.05, 3.63) is 84.6 Å². The van der Waals surface area contributed by atoms with Crippen molar-refractivity contribution >= 4 is 16.6 Å². The van der Waals surface area contributed by atoms with Crippen LogP contribution in [0.25, 0.3) is 27.8 Å². The number of benzene rings is 1. The second kappa shape index (κ2) is 6.12. The highest BCUT2D eigenvalue weighted by atomic mass is 19.3. The second-order valence-corrected chi connectivity index (χ2v) is 6.24. The average molecular weight is 374 g/mol. The van der Waals surface area contributed by atoms with Crippen LogP contribution in [0.2, 0.25) is 0 Å². The van der Waals surface area contributed by atoms with Crippen LogP contribution in [-0.2, 0) is 5.92 Å². The van der Waals surface area contributed by atoms with Crippen molar-refractivity contribution in [1.82, 2.24) is 29.8 Å². The molecule has 6 nitrogen and oxygen atoms in total. The SMILES string of the molecule is FC(F)(c1ccc2ncccc2c1)c1nnc2ccc(-c3cccnc3)nn12. The van der Waals surface area contributed by atoms with E-state index in [9.17, 15) is 0 Å². The molecule has 0 aliphatic carbocycles. The zero-order chi connectivity index (χ0) is 19.1. The van der Waals surface area contributed by atoms with Crippen LogP contribution in [-0.4, -0.2) is 29.8 Å². The quantitative estimate of drug-likeness (QED) is 0.479. The van der Waals surface area contributed by atoms with Gasteiger partial charge in [0.2, 0.25) is 5.82 Å². The van der Waals surface area contributed by atoms with Crippen LogP contribution in [0.15, 0.2) is 73.2 Å². The lowest BCUT2D eigenvalue weighted by Crippen LogP contribution is -2.20. The summed E-state index contributed by atoms with van der Waals surface area (Å²) < 4.78 is 31.7. The number of halogens is 2. The van der Waals surface area contributed by atoms with E-state index in [0.717, 1.165) is 4.52 Å². The lowest BCUT2D eigenvalue weighted by Gasteiger charge is -2.15. The summed E-state index contributed by atoms with van der Waals surface area (Å²) in [6, 6.07) is 14.6. The Morgan fingerprint density at radius 1 is 0.893 bits per heavy atom. The topological polar surface area (TPSA) is 68.9 Å². The van der Waals surface area contributed by atoms with E-state index in [4.69, 9.17) is 0 Å². The van der Waals surface area contributed by atoms with Gasteiger partial charge in [-0.15, -0.1) is 10.2 Å². The fourth-order valence-electron chi connectivity index (χ4n) is 3.05. The Morgan fingerprint density at radius 2 is 1.79 bits per heavy atom. The van der Waals surface area contributed by atoms with Gasteiger partial charge in [-0.05, 0) is 42.5 Å². The third-order valence-corrected chi connectivity index (χ3v) is 4.47. The van der Waals surface area contributed by atoms with Gasteiger partial charge in [-0.1, -0.05) is 12.1 Å². The summed E-state index contributed by atoms with van der Waals surface area (Å²) in [5, 5.41) is 12.5. The molecule has 0 spiro atoms. The largest absolute Gasteiger partial charge is 0.333 e. The van der Waals surface area contributed by atoms with Crippen LogP contribution in [0.3, 0.4) is 0 Å². The molecular formula is C20H12F2N6. The summed E-state index contributed by atoms with van der Waals surface area (Å²) in [6.07, 6.45) is 4.87. The van der Waals surface area contributed by atoms with E-state index < -0.39 is 11.7 Å². The van der Waals surface area contributed by atoms with Gasteiger partial charge in [0.1, 0.15) is 0 Å². The molecule has 5 rings (SSSR count). The minimum absolute atomic E-state index is 0.198. The number of rotatable bonds is 3. The van der Waals surface area contributed by atoms with Gasteiger partial charge in [0.15, 0.2) is 5.65 Å². The Morgan fingerprint density at radius 3 is 2.64 bits per heavy atom. The van der Waals surface area contributed by atoms with Gasteiger partial charge in [-0.25, -0.2) is 0 Å². The second-order valence-electron chi connectivity index (χ2n) is 6.24. The van der Waals surface area contributed by atoms with Crippen molar-refractivity contribution < 1.29 is 8.78 Å². The van der Waals surface area contributed by atoms with Gasteiger partial charge in [-0.3, -0.25) is 9.97 Å². The fourth-order valence-corrected chi connectivity index (χ4v) is 3.05. The predicted molar refractivity (Wildman–Crippen MR) is 98.8 cm³/mol. The summed E-state index contributed by atoms with van der Waals surface area (Å²) >= 11 is 0. The van der Waals surface area contributed by atoms with E-state index in [0.29, 0.717) is 22.2 Å². The molecule has 0 saturated heterocycles. The zero-order valence-corrected chi connectivity index (χ0v) is 14.4. The zero-order valence-electron chi connectivity index (χ0n) is 14.4. The maximum absolute atomic E-state index is 15.3. The van der Waals surface area contributed by atoms with Crippen LogP contribution in [0, 0.1) is 0 Å². The molecule has 0 aliphatic rings. The number of pyridine rings is 2. The lowest BCUT2D eigenvalue weighted by atomic mass is 10.0. The molecule has 0 aliphatic heterocycles. The number of fused-ring (bicyclic) bond motifs is 2. The Hall–Kier alpha value is -3.81. The summed E-state index contributed by atoms with van der Waals surface area (Å²) in [4.78, 5) is 8.21. The van der Waals surface area contributed by atoms with E-state index in [1.54, 1.807) is 61.1 Å². The Labute approximate surface area is 157 Å². The molecule has 4 heterocycles. The predicted octanol–water partition coefficient (Wildman–Crippen LogP) is 3.87. The van der Waals surface area contributed by atoms with Crippen LogP contribution >= 0.6 is 0 Å². The minimum Gasteiger partial charge on any atom is -0.264 e. The highest BCUT2D eigenvalue weighted by molar-refractivity contribution is 5.79. The molecule has 0 atom stereocenters. The molecule has 1 aromatic carbocycles. The van der Waals surface area contributed by atoms with Crippen LogP contribution < -0.4 is 0 Å². The molecule has 0 unspecified atom stereocenters. The van der Waals surface area contributed by atoms with Crippen molar-refractivity contribution in [2.45, 2.75) is 5.92 Å². The Balaban J connectivity index is 1.66. The number of hydrogen-bond donors (Lipinski definition) is 0. The third kappa shape index (κ3) is 2.58. The van der Waals surface area contributed by atoms with Crippen molar-refractivity contribution in [1.29, 1.82) is 0 Å². The molecule has 0 amide bonds. The first kappa shape index (κ1) is 16.4. The molecule has 8 heteroatoms. The van der Waals surface area contributed by atoms with Gasteiger partial charge in [-0.2, -0.15) is 18.4 Å². The van der Waals surface area contributed by atoms with Crippen LogP contribution in [0.4, 0.5) is 8.78 Å². The summed E-state index contributed by atoms with van der Waals surface area (Å²) in [6.45, 7) is 0. The molecule has 0 radical (unpaired) electrons. The number of alkyl halides is 2. The normalized spacial score (nSPS) is 11.9. The van der Waals surface area contributed by atoms with E-state index in [1.807, 2.05) is 0 Å². The van der Waals surface area contributed by atoms with Crippen molar-refractivity contribution in [3.8, 4) is 11.3 Å². The first-order valence-electron chi connectivity index (χ1n) is 8.49. The molecule has 0 saturated carbocycles. The smallest absolute Gasteiger partial charge is 0.264 e. The van der Waals surface area contributed by atoms with Gasteiger partial charge < -0.3 is 0 Å². The molecule has 0 N–H and O–H groups in total. The maximum atomic E-state index is 15.3. The number of nitrogens with zero attached hydrogens (tertiary/aromatic N) is 6. The lowest BCUT2D eigenvalue weighted by molar-refractivity contribution is 0.0307. The van der Waals surface area contributed by atoms with Crippen molar-refractivity contribution in [3.63, 3.8) is 0 Å². The van der Waals surface area contributed by atoms with Crippen LogP contribution in [0.1, 0.15) is 11.4 Å². The first-order chi connectivity index (χ1) is 13.6. The van der Waals surface area contributed by atoms with E-state index >= 15 is 8.78 Å². The highest BCUT2D eigenvalue weighted by Crippen LogP contribution is 2.35. The van der Waals surface area contributed by atoms with E-state index in [2.05, 4.69) is 25.3 Å². The van der Waals surface area contributed by atoms with Crippen molar-refractivity contribution in [2.75, 3.05) is 0 Å². The van der Waals surface area contributed by atoms with Crippen molar-refractivity contribution in [2.24, 2.45) is 0 Å². The van der Waals surface area contributed by atoms with Crippen LogP contribution in [0.5, 0.6) is 0 Å². The average Bonchev–Trinajstić information content (AvgIpc) is 3.18. The molecule has 0 fully saturated rings. The molecule has 28 heavy (non-hydrogen) atoms. The molecule has 4 aromatic heterocycles. The number of aromatic nitrogens is 6. The highest BCUT2D eigenvalue weighted by Gasteiger charge is 2.40. The van der Waals surface area contributed by atoms with Gasteiger partial charge >= 0.3 is 5.92 Å². The minimum atomic E-state index is -3.38. The summed E-state index contributed by atoms with van der Waals surface area (Å²) in [5.74, 6) is -3.93. The summed E-state index contributed by atoms with van der Waals surface area (Å²) in [7, 11) is 0. The van der Waals surface area contributed by atoms with Gasteiger partial charge in [0.05, 0.1) is 11.2 Å². The summed E-state index contributed by atoms with van der Waals surface area (Å²) in [5.41, 5.74) is 1.90. The Kier molecular flexibility index (Phi) is 3.58. The molecule has 5 aromatic rings. The molecular weight excluding hydrogens is 362 g/mol. The number of hydrogen-bond acceptors (Lipinski definition) is 5. The van der Waals surface area contributed by atoms with Gasteiger partial charge in [0.25, 0.3) is 0 Å². The maximum Gasteiger partial charge on any atom is 0.333 e. The molecule has 136 valence electrons. The van der Waals surface area contributed by atoms with E-state index in [-0.39, 0.29) is 11.2 Å². The van der Waals surface area contributed by atoms with Gasteiger partial charge in [0, 0.05) is 35.1 Å².